The van der Waals surface area contributed by atoms with Crippen molar-refractivity contribution < 1.29 is 9.53 Å². The Balaban J connectivity index is 1.54. The molecule has 4 aromatic rings. The predicted molar refractivity (Wildman–Crippen MR) is 103 cm³/mol. The highest BCUT2D eigenvalue weighted by Gasteiger charge is 2.14. The standard InChI is InChI=1S/C20H16N6O2/c1-14-11-15(8-9-19(14)28-16-5-4-10-21-12-16)23-20(27)17-6-2-3-7-18(17)26-13-22-24-25-26/h2-13H,1H3,(H,23,27). The number of carbonyl (C=O) groups is 1. The fourth-order valence-corrected chi connectivity index (χ4v) is 2.71. The van der Waals surface area contributed by atoms with Crippen LogP contribution in [0.1, 0.15) is 15.9 Å². The number of nitrogens with zero attached hydrogens (tertiary/aromatic N) is 5. The predicted octanol–water partition coefficient (Wildman–Crippen LogP) is 3.41. The average Bonchev–Trinajstić information content (AvgIpc) is 3.25. The summed E-state index contributed by atoms with van der Waals surface area (Å²) in [7, 11) is 0. The van der Waals surface area contributed by atoms with Gasteiger partial charge < -0.3 is 10.1 Å². The summed E-state index contributed by atoms with van der Waals surface area (Å²) in [6, 6.07) is 16.2. The normalized spacial score (nSPS) is 10.5. The van der Waals surface area contributed by atoms with Gasteiger partial charge >= 0.3 is 0 Å². The van der Waals surface area contributed by atoms with Gasteiger partial charge in [-0.2, -0.15) is 4.68 Å². The molecule has 0 atom stereocenters. The first-order valence-electron chi connectivity index (χ1n) is 8.53. The summed E-state index contributed by atoms with van der Waals surface area (Å²) in [5.74, 6) is 1.09. The van der Waals surface area contributed by atoms with Crippen LogP contribution >= 0.6 is 0 Å². The number of aromatic nitrogens is 5. The van der Waals surface area contributed by atoms with E-state index in [0.717, 1.165) is 5.56 Å². The van der Waals surface area contributed by atoms with Crippen molar-refractivity contribution in [3.8, 4) is 17.2 Å². The number of hydrogen-bond donors (Lipinski definition) is 1. The van der Waals surface area contributed by atoms with Crippen molar-refractivity contribution in [1.82, 2.24) is 25.2 Å². The largest absolute Gasteiger partial charge is 0.455 e. The molecule has 28 heavy (non-hydrogen) atoms. The summed E-state index contributed by atoms with van der Waals surface area (Å²) in [5.41, 5.74) is 2.60. The molecular formula is C20H16N6O2. The van der Waals surface area contributed by atoms with Gasteiger partial charge in [-0.3, -0.25) is 9.78 Å². The molecule has 1 N–H and O–H groups in total. The molecule has 0 aliphatic heterocycles. The first-order valence-corrected chi connectivity index (χ1v) is 8.53. The summed E-state index contributed by atoms with van der Waals surface area (Å²) in [4.78, 5) is 16.8. The molecule has 8 nitrogen and oxygen atoms in total. The van der Waals surface area contributed by atoms with Crippen LogP contribution < -0.4 is 10.1 Å². The van der Waals surface area contributed by atoms with E-state index in [9.17, 15) is 4.79 Å². The molecule has 0 bridgehead atoms. The summed E-state index contributed by atoms with van der Waals surface area (Å²) >= 11 is 0. The van der Waals surface area contributed by atoms with E-state index >= 15 is 0 Å². The number of benzene rings is 2. The number of ether oxygens (including phenoxy) is 1. The van der Waals surface area contributed by atoms with Crippen LogP contribution in [0.2, 0.25) is 0 Å². The van der Waals surface area contributed by atoms with Gasteiger partial charge in [-0.05, 0) is 65.4 Å². The second-order valence-electron chi connectivity index (χ2n) is 6.00. The molecule has 0 spiro atoms. The number of hydrogen-bond acceptors (Lipinski definition) is 6. The minimum atomic E-state index is -0.258. The Morgan fingerprint density at radius 2 is 2.00 bits per heavy atom. The quantitative estimate of drug-likeness (QED) is 0.577. The summed E-state index contributed by atoms with van der Waals surface area (Å²) in [6.45, 7) is 1.91. The van der Waals surface area contributed by atoms with Crippen LogP contribution in [0.5, 0.6) is 11.5 Å². The van der Waals surface area contributed by atoms with E-state index in [-0.39, 0.29) is 5.91 Å². The molecule has 0 aliphatic carbocycles. The Kier molecular flexibility index (Phi) is 4.75. The number of pyridine rings is 1. The topological polar surface area (TPSA) is 94.8 Å². The number of anilines is 1. The summed E-state index contributed by atoms with van der Waals surface area (Å²) in [5, 5.41) is 14.0. The van der Waals surface area contributed by atoms with Crippen LogP contribution in [-0.4, -0.2) is 31.1 Å². The van der Waals surface area contributed by atoms with Crippen LogP contribution in [0.25, 0.3) is 5.69 Å². The second-order valence-corrected chi connectivity index (χ2v) is 6.00. The molecule has 0 aliphatic rings. The number of aryl methyl sites for hydroxylation is 1. The van der Waals surface area contributed by atoms with Gasteiger partial charge in [-0.25, -0.2) is 0 Å². The minimum absolute atomic E-state index is 0.258. The number of rotatable bonds is 5. The Morgan fingerprint density at radius 1 is 1.11 bits per heavy atom. The molecule has 4 rings (SSSR count). The van der Waals surface area contributed by atoms with Crippen LogP contribution in [0, 0.1) is 6.92 Å². The Hall–Kier alpha value is -4.07. The van der Waals surface area contributed by atoms with Crippen LogP contribution in [-0.2, 0) is 0 Å². The number of para-hydroxylation sites is 1. The third-order valence-corrected chi connectivity index (χ3v) is 4.04. The van der Waals surface area contributed by atoms with Crippen molar-refractivity contribution in [2.24, 2.45) is 0 Å². The molecule has 0 fully saturated rings. The zero-order chi connectivity index (χ0) is 19.3. The molecule has 1 amide bonds. The van der Waals surface area contributed by atoms with E-state index in [1.54, 1.807) is 42.7 Å². The Labute approximate surface area is 160 Å². The van der Waals surface area contributed by atoms with E-state index in [2.05, 4.69) is 25.8 Å². The highest BCUT2D eigenvalue weighted by molar-refractivity contribution is 6.06. The lowest BCUT2D eigenvalue weighted by atomic mass is 10.1. The maximum Gasteiger partial charge on any atom is 0.257 e. The fraction of sp³-hybridized carbons (Fsp3) is 0.0500. The molecule has 8 heteroatoms. The lowest BCUT2D eigenvalue weighted by Crippen LogP contribution is -2.15. The first-order chi connectivity index (χ1) is 13.7. The minimum Gasteiger partial charge on any atom is -0.455 e. The molecule has 0 unspecified atom stereocenters. The van der Waals surface area contributed by atoms with Gasteiger partial charge in [0.1, 0.15) is 17.8 Å². The van der Waals surface area contributed by atoms with Crippen LogP contribution in [0.3, 0.4) is 0 Å². The zero-order valence-electron chi connectivity index (χ0n) is 15.0. The monoisotopic (exact) mass is 372 g/mol. The third-order valence-electron chi connectivity index (χ3n) is 4.04. The Morgan fingerprint density at radius 3 is 2.75 bits per heavy atom. The van der Waals surface area contributed by atoms with Crippen molar-refractivity contribution in [3.63, 3.8) is 0 Å². The van der Waals surface area contributed by atoms with Gasteiger partial charge in [0.15, 0.2) is 0 Å². The van der Waals surface area contributed by atoms with E-state index in [1.165, 1.54) is 11.0 Å². The van der Waals surface area contributed by atoms with E-state index in [0.29, 0.717) is 28.4 Å². The maximum absolute atomic E-state index is 12.8. The van der Waals surface area contributed by atoms with Crippen LogP contribution in [0.15, 0.2) is 73.3 Å². The average molecular weight is 372 g/mol. The van der Waals surface area contributed by atoms with E-state index in [1.807, 2.05) is 31.2 Å². The van der Waals surface area contributed by atoms with Crippen molar-refractivity contribution in [1.29, 1.82) is 0 Å². The van der Waals surface area contributed by atoms with Gasteiger partial charge in [0.2, 0.25) is 0 Å². The van der Waals surface area contributed by atoms with Crippen molar-refractivity contribution >= 4 is 11.6 Å². The molecular weight excluding hydrogens is 356 g/mol. The van der Waals surface area contributed by atoms with Gasteiger partial charge in [0, 0.05) is 11.9 Å². The summed E-state index contributed by atoms with van der Waals surface area (Å²) < 4.78 is 7.27. The SMILES string of the molecule is Cc1cc(NC(=O)c2ccccc2-n2cnnn2)ccc1Oc1cccnc1. The molecule has 2 heterocycles. The first kappa shape index (κ1) is 17.3. The molecule has 2 aromatic carbocycles. The van der Waals surface area contributed by atoms with Crippen molar-refractivity contribution in [2.75, 3.05) is 5.32 Å². The van der Waals surface area contributed by atoms with Gasteiger partial charge in [0.05, 0.1) is 17.4 Å². The lowest BCUT2D eigenvalue weighted by molar-refractivity contribution is 0.102. The fourth-order valence-electron chi connectivity index (χ4n) is 2.71. The van der Waals surface area contributed by atoms with E-state index in [4.69, 9.17) is 4.74 Å². The summed E-state index contributed by atoms with van der Waals surface area (Å²) in [6.07, 6.45) is 4.78. The number of amides is 1. The molecule has 138 valence electrons. The third kappa shape index (κ3) is 3.70. The van der Waals surface area contributed by atoms with Crippen molar-refractivity contribution in [2.45, 2.75) is 6.92 Å². The molecule has 0 saturated carbocycles. The number of carbonyl (C=O) groups excluding carboxylic acids is 1. The molecule has 0 radical (unpaired) electrons. The smallest absolute Gasteiger partial charge is 0.257 e. The number of nitrogens with one attached hydrogen (secondary N) is 1. The van der Waals surface area contributed by atoms with Gasteiger partial charge in [-0.15, -0.1) is 5.10 Å². The highest BCUT2D eigenvalue weighted by Crippen LogP contribution is 2.27. The van der Waals surface area contributed by atoms with Crippen LogP contribution in [0.4, 0.5) is 5.69 Å². The zero-order valence-corrected chi connectivity index (χ0v) is 15.0. The molecule has 2 aromatic heterocycles. The number of tetrazole rings is 1. The Bertz CT molecular complexity index is 1100. The van der Waals surface area contributed by atoms with Gasteiger partial charge in [-0.1, -0.05) is 12.1 Å². The highest BCUT2D eigenvalue weighted by atomic mass is 16.5. The lowest BCUT2D eigenvalue weighted by Gasteiger charge is -2.12. The van der Waals surface area contributed by atoms with E-state index < -0.39 is 0 Å². The van der Waals surface area contributed by atoms with Gasteiger partial charge in [0.25, 0.3) is 5.91 Å². The molecule has 0 saturated heterocycles. The maximum atomic E-state index is 12.8. The second kappa shape index (κ2) is 7.67. The van der Waals surface area contributed by atoms with Crippen molar-refractivity contribution in [3.05, 3.63) is 84.4 Å².